The molecule has 1 atom stereocenters. The number of halogens is 1. The molecule has 1 heterocycles. The van der Waals surface area contributed by atoms with Gasteiger partial charge in [-0.2, -0.15) is 0 Å². The Balaban J connectivity index is 2.06. The summed E-state index contributed by atoms with van der Waals surface area (Å²) in [5.41, 5.74) is 2.56. The number of nitrogens with one attached hydrogen (secondary N) is 1. The SMILES string of the molecule is CCN(CC1CCCO1)c1ccc(CNC)c(Br)c1. The summed E-state index contributed by atoms with van der Waals surface area (Å²) >= 11 is 3.66. The van der Waals surface area contributed by atoms with E-state index in [2.05, 4.69) is 51.3 Å². The van der Waals surface area contributed by atoms with E-state index in [9.17, 15) is 0 Å². The maximum absolute atomic E-state index is 5.74. The van der Waals surface area contributed by atoms with Gasteiger partial charge in [-0.25, -0.2) is 0 Å². The molecular weight excluding hydrogens is 304 g/mol. The standard InChI is InChI=1S/C15H23BrN2O/c1-3-18(11-14-5-4-8-19-14)13-7-6-12(10-17-2)15(16)9-13/h6-7,9,14,17H,3-5,8,10-11H2,1-2H3. The lowest BCUT2D eigenvalue weighted by Crippen LogP contribution is -2.32. The number of ether oxygens (including phenoxy) is 1. The fraction of sp³-hybridized carbons (Fsp3) is 0.600. The largest absolute Gasteiger partial charge is 0.376 e. The van der Waals surface area contributed by atoms with Crippen LogP contribution in [0.25, 0.3) is 0 Å². The summed E-state index contributed by atoms with van der Waals surface area (Å²) in [5.74, 6) is 0. The smallest absolute Gasteiger partial charge is 0.0750 e. The van der Waals surface area contributed by atoms with Crippen molar-refractivity contribution in [1.82, 2.24) is 5.32 Å². The van der Waals surface area contributed by atoms with Gasteiger partial charge in [0, 0.05) is 36.4 Å². The van der Waals surface area contributed by atoms with Crippen LogP contribution in [0.3, 0.4) is 0 Å². The summed E-state index contributed by atoms with van der Waals surface area (Å²) in [7, 11) is 1.97. The highest BCUT2D eigenvalue weighted by molar-refractivity contribution is 9.10. The van der Waals surface area contributed by atoms with E-state index in [4.69, 9.17) is 4.74 Å². The molecule has 0 spiro atoms. The third kappa shape index (κ3) is 3.94. The Morgan fingerprint density at radius 2 is 2.32 bits per heavy atom. The fourth-order valence-corrected chi connectivity index (χ4v) is 3.02. The van der Waals surface area contributed by atoms with Gasteiger partial charge >= 0.3 is 0 Å². The Bertz CT molecular complexity index is 405. The van der Waals surface area contributed by atoms with Gasteiger partial charge in [0.05, 0.1) is 6.10 Å². The average Bonchev–Trinajstić information content (AvgIpc) is 2.91. The minimum atomic E-state index is 0.399. The molecule has 0 bridgehead atoms. The first-order chi connectivity index (χ1) is 9.24. The third-order valence-electron chi connectivity index (χ3n) is 3.60. The zero-order valence-corrected chi connectivity index (χ0v) is 13.4. The van der Waals surface area contributed by atoms with E-state index in [1.165, 1.54) is 28.6 Å². The van der Waals surface area contributed by atoms with E-state index in [1.807, 2.05) is 7.05 Å². The number of nitrogens with zero attached hydrogens (tertiary/aromatic N) is 1. The Kier molecular flexibility index (Phi) is 5.67. The molecule has 1 fully saturated rings. The summed E-state index contributed by atoms with van der Waals surface area (Å²) < 4.78 is 6.91. The van der Waals surface area contributed by atoms with Gasteiger partial charge in [-0.1, -0.05) is 22.0 Å². The second-order valence-electron chi connectivity index (χ2n) is 4.98. The number of anilines is 1. The van der Waals surface area contributed by atoms with E-state index in [0.717, 1.165) is 26.2 Å². The van der Waals surface area contributed by atoms with E-state index in [1.54, 1.807) is 0 Å². The van der Waals surface area contributed by atoms with Gasteiger partial charge in [-0.3, -0.25) is 0 Å². The first-order valence-electron chi connectivity index (χ1n) is 7.04. The minimum Gasteiger partial charge on any atom is -0.376 e. The van der Waals surface area contributed by atoms with E-state index in [0.29, 0.717) is 6.10 Å². The first kappa shape index (κ1) is 14.8. The molecule has 2 rings (SSSR count). The van der Waals surface area contributed by atoms with Crippen LogP contribution in [0.2, 0.25) is 0 Å². The second kappa shape index (κ2) is 7.27. The van der Waals surface area contributed by atoms with Crippen molar-refractivity contribution in [3.63, 3.8) is 0 Å². The van der Waals surface area contributed by atoms with Gasteiger partial charge in [-0.15, -0.1) is 0 Å². The number of rotatable bonds is 6. The molecule has 1 saturated heterocycles. The highest BCUT2D eigenvalue weighted by atomic mass is 79.9. The maximum Gasteiger partial charge on any atom is 0.0750 e. The van der Waals surface area contributed by atoms with Gasteiger partial charge in [0.2, 0.25) is 0 Å². The lowest BCUT2D eigenvalue weighted by Gasteiger charge is -2.26. The summed E-state index contributed by atoms with van der Waals surface area (Å²) in [6.45, 7) is 6.02. The van der Waals surface area contributed by atoms with Crippen molar-refractivity contribution in [2.75, 3.05) is 31.6 Å². The molecule has 0 radical (unpaired) electrons. The van der Waals surface area contributed by atoms with E-state index >= 15 is 0 Å². The van der Waals surface area contributed by atoms with Gasteiger partial charge < -0.3 is 15.0 Å². The lowest BCUT2D eigenvalue weighted by atomic mass is 10.1. The monoisotopic (exact) mass is 326 g/mol. The van der Waals surface area contributed by atoms with Crippen LogP contribution in [-0.4, -0.2) is 32.8 Å². The normalized spacial score (nSPS) is 18.8. The molecule has 0 aliphatic carbocycles. The molecule has 3 nitrogen and oxygen atoms in total. The summed E-state index contributed by atoms with van der Waals surface area (Å²) in [4.78, 5) is 2.39. The third-order valence-corrected chi connectivity index (χ3v) is 4.34. The topological polar surface area (TPSA) is 24.5 Å². The predicted molar refractivity (Wildman–Crippen MR) is 83.8 cm³/mol. The van der Waals surface area contributed by atoms with Crippen LogP contribution in [0.4, 0.5) is 5.69 Å². The number of likely N-dealkylation sites (N-methyl/N-ethyl adjacent to an activating group) is 1. The van der Waals surface area contributed by atoms with Gasteiger partial charge in [0.15, 0.2) is 0 Å². The quantitative estimate of drug-likeness (QED) is 0.869. The fourth-order valence-electron chi connectivity index (χ4n) is 2.52. The van der Waals surface area contributed by atoms with Crippen LogP contribution < -0.4 is 10.2 Å². The average molecular weight is 327 g/mol. The van der Waals surface area contributed by atoms with Crippen LogP contribution in [-0.2, 0) is 11.3 Å². The van der Waals surface area contributed by atoms with Crippen molar-refractivity contribution in [2.24, 2.45) is 0 Å². The predicted octanol–water partition coefficient (Wildman–Crippen LogP) is 3.17. The number of hydrogen-bond acceptors (Lipinski definition) is 3. The Hall–Kier alpha value is -0.580. The molecule has 1 aliphatic rings. The molecule has 0 saturated carbocycles. The molecule has 19 heavy (non-hydrogen) atoms. The van der Waals surface area contributed by atoms with Crippen LogP contribution >= 0.6 is 15.9 Å². The lowest BCUT2D eigenvalue weighted by molar-refractivity contribution is 0.115. The molecule has 1 N–H and O–H groups in total. The van der Waals surface area contributed by atoms with Gasteiger partial charge in [-0.05, 0) is 44.5 Å². The minimum absolute atomic E-state index is 0.399. The molecule has 0 aromatic heterocycles. The first-order valence-corrected chi connectivity index (χ1v) is 7.83. The molecule has 1 unspecified atom stereocenters. The van der Waals surface area contributed by atoms with Crippen molar-refractivity contribution in [3.8, 4) is 0 Å². The van der Waals surface area contributed by atoms with Crippen molar-refractivity contribution in [1.29, 1.82) is 0 Å². The van der Waals surface area contributed by atoms with Crippen LogP contribution in [0.15, 0.2) is 22.7 Å². The Morgan fingerprint density at radius 1 is 1.47 bits per heavy atom. The second-order valence-corrected chi connectivity index (χ2v) is 5.83. The molecule has 1 aromatic rings. The molecule has 1 aromatic carbocycles. The molecule has 106 valence electrons. The molecule has 1 aliphatic heterocycles. The summed E-state index contributed by atoms with van der Waals surface area (Å²) in [5, 5.41) is 3.18. The summed E-state index contributed by atoms with van der Waals surface area (Å²) in [6, 6.07) is 6.61. The highest BCUT2D eigenvalue weighted by Gasteiger charge is 2.19. The van der Waals surface area contributed by atoms with Crippen LogP contribution in [0.1, 0.15) is 25.3 Å². The van der Waals surface area contributed by atoms with Crippen molar-refractivity contribution in [3.05, 3.63) is 28.2 Å². The van der Waals surface area contributed by atoms with Crippen LogP contribution in [0.5, 0.6) is 0 Å². The van der Waals surface area contributed by atoms with Crippen LogP contribution in [0, 0.1) is 0 Å². The van der Waals surface area contributed by atoms with Gasteiger partial charge in [0.1, 0.15) is 0 Å². The molecular formula is C15H23BrN2O. The Labute approximate surface area is 124 Å². The zero-order valence-electron chi connectivity index (χ0n) is 11.8. The maximum atomic E-state index is 5.74. The van der Waals surface area contributed by atoms with Crippen molar-refractivity contribution >= 4 is 21.6 Å². The Morgan fingerprint density at radius 3 is 2.89 bits per heavy atom. The number of benzene rings is 1. The zero-order chi connectivity index (χ0) is 13.7. The highest BCUT2D eigenvalue weighted by Crippen LogP contribution is 2.25. The summed E-state index contributed by atoms with van der Waals surface area (Å²) in [6.07, 6.45) is 2.79. The van der Waals surface area contributed by atoms with Crippen molar-refractivity contribution < 1.29 is 4.74 Å². The van der Waals surface area contributed by atoms with Gasteiger partial charge in [0.25, 0.3) is 0 Å². The molecule has 4 heteroatoms. The number of hydrogen-bond donors (Lipinski definition) is 1. The van der Waals surface area contributed by atoms with Crippen molar-refractivity contribution in [2.45, 2.75) is 32.4 Å². The molecule has 0 amide bonds. The van der Waals surface area contributed by atoms with E-state index < -0.39 is 0 Å². The van der Waals surface area contributed by atoms with E-state index in [-0.39, 0.29) is 0 Å².